The zero-order valence-corrected chi connectivity index (χ0v) is 11.4. The van der Waals surface area contributed by atoms with Gasteiger partial charge in [0, 0.05) is 0 Å². The molecule has 0 heterocycles. The maximum absolute atomic E-state index is 13.6. The predicted octanol–water partition coefficient (Wildman–Crippen LogP) is 0.386. The van der Waals surface area contributed by atoms with Crippen LogP contribution < -0.4 is 4.72 Å². The van der Waals surface area contributed by atoms with Crippen LogP contribution in [0.5, 0.6) is 0 Å². The molecule has 0 saturated carbocycles. The lowest BCUT2D eigenvalue weighted by Crippen LogP contribution is -2.47. The zero-order chi connectivity index (χ0) is 15.7. The number of aliphatic carboxylic acids is 1. The number of halogens is 2. The third-order valence-corrected chi connectivity index (χ3v) is 3.99. The molecule has 0 aliphatic carbocycles. The summed E-state index contributed by atoms with van der Waals surface area (Å²) in [4.78, 5) is 9.78. The summed E-state index contributed by atoms with van der Waals surface area (Å²) in [5.41, 5.74) is -0.0910. The fourth-order valence-corrected chi connectivity index (χ4v) is 2.75. The Labute approximate surface area is 114 Å². The molecular weight excluding hydrogens is 296 g/mol. The lowest BCUT2D eigenvalue weighted by molar-refractivity contribution is -0.141. The Balaban J connectivity index is 3.24. The number of hydrogen-bond donors (Lipinski definition) is 3. The van der Waals surface area contributed by atoms with Crippen LogP contribution in [0.3, 0.4) is 0 Å². The number of aliphatic hydroxyl groups excluding tert-OH is 1. The molecule has 0 fully saturated rings. The molecule has 20 heavy (non-hydrogen) atoms. The first-order valence-corrected chi connectivity index (χ1v) is 6.93. The Morgan fingerprint density at radius 1 is 1.30 bits per heavy atom. The Morgan fingerprint density at radius 2 is 1.85 bits per heavy atom. The average Bonchev–Trinajstić information content (AvgIpc) is 2.30. The van der Waals surface area contributed by atoms with E-state index in [1.54, 1.807) is 4.72 Å². The number of carboxylic acids is 1. The first-order chi connectivity index (χ1) is 9.06. The number of sulfonamides is 1. The molecule has 6 nitrogen and oxygen atoms in total. The molecule has 3 N–H and O–H groups in total. The smallest absolute Gasteiger partial charge is 0.324 e. The van der Waals surface area contributed by atoms with Gasteiger partial charge in [-0.2, -0.15) is 4.72 Å². The van der Waals surface area contributed by atoms with E-state index in [0.29, 0.717) is 12.1 Å². The summed E-state index contributed by atoms with van der Waals surface area (Å²) < 4.78 is 52.2. The second-order valence-corrected chi connectivity index (χ2v) is 5.89. The van der Waals surface area contributed by atoms with Crippen LogP contribution in [0.4, 0.5) is 8.78 Å². The molecule has 0 spiro atoms. The third-order valence-electron chi connectivity index (χ3n) is 2.53. The van der Waals surface area contributed by atoms with E-state index in [9.17, 15) is 27.1 Å². The Kier molecular flexibility index (Phi) is 4.79. The summed E-state index contributed by atoms with van der Waals surface area (Å²) in [7, 11) is -4.63. The SMILES string of the molecule is Cc1cc(F)c(S(=O)(=O)N[C@H](C(=O)O)[C@H](C)O)cc1F. The zero-order valence-electron chi connectivity index (χ0n) is 10.6. The van der Waals surface area contributed by atoms with Crippen LogP contribution in [0.25, 0.3) is 0 Å². The number of rotatable bonds is 5. The lowest BCUT2D eigenvalue weighted by atomic mass is 10.2. The van der Waals surface area contributed by atoms with Gasteiger partial charge in [0.05, 0.1) is 6.10 Å². The van der Waals surface area contributed by atoms with E-state index in [0.717, 1.165) is 6.92 Å². The summed E-state index contributed by atoms with van der Waals surface area (Å²) >= 11 is 0. The second-order valence-electron chi connectivity index (χ2n) is 4.21. The van der Waals surface area contributed by atoms with Crippen molar-refractivity contribution in [2.24, 2.45) is 0 Å². The van der Waals surface area contributed by atoms with Gasteiger partial charge in [-0.15, -0.1) is 0 Å². The second kappa shape index (κ2) is 5.81. The molecule has 112 valence electrons. The van der Waals surface area contributed by atoms with Crippen LogP contribution >= 0.6 is 0 Å². The molecule has 0 saturated heterocycles. The summed E-state index contributed by atoms with van der Waals surface area (Å²) in [5, 5.41) is 18.0. The molecule has 0 unspecified atom stereocenters. The summed E-state index contributed by atoms with van der Waals surface area (Å²) in [6.07, 6.45) is -1.55. The van der Waals surface area contributed by atoms with Crippen molar-refractivity contribution < 1.29 is 32.2 Å². The van der Waals surface area contributed by atoms with Gasteiger partial charge in [0.2, 0.25) is 10.0 Å². The molecule has 1 aromatic carbocycles. The highest BCUT2D eigenvalue weighted by Crippen LogP contribution is 2.19. The minimum Gasteiger partial charge on any atom is -0.480 e. The third kappa shape index (κ3) is 3.50. The van der Waals surface area contributed by atoms with Crippen LogP contribution in [-0.4, -0.2) is 36.7 Å². The lowest BCUT2D eigenvalue weighted by Gasteiger charge is -2.17. The van der Waals surface area contributed by atoms with Gasteiger partial charge in [0.25, 0.3) is 0 Å². The quantitative estimate of drug-likeness (QED) is 0.730. The van der Waals surface area contributed by atoms with E-state index in [1.807, 2.05) is 0 Å². The van der Waals surface area contributed by atoms with Gasteiger partial charge in [-0.1, -0.05) is 0 Å². The fourth-order valence-electron chi connectivity index (χ4n) is 1.42. The van der Waals surface area contributed by atoms with E-state index in [4.69, 9.17) is 5.11 Å². The maximum Gasteiger partial charge on any atom is 0.324 e. The van der Waals surface area contributed by atoms with Gasteiger partial charge >= 0.3 is 5.97 Å². The fraction of sp³-hybridized carbons (Fsp3) is 0.364. The van der Waals surface area contributed by atoms with Crippen molar-refractivity contribution in [1.29, 1.82) is 0 Å². The average molecular weight is 309 g/mol. The van der Waals surface area contributed by atoms with Gasteiger partial charge in [-0.05, 0) is 31.5 Å². The Bertz CT molecular complexity index is 630. The largest absolute Gasteiger partial charge is 0.480 e. The first-order valence-electron chi connectivity index (χ1n) is 5.45. The molecule has 0 aromatic heterocycles. The topological polar surface area (TPSA) is 104 Å². The number of aryl methyl sites for hydroxylation is 1. The predicted molar refractivity (Wildman–Crippen MR) is 64.5 cm³/mol. The molecule has 2 atom stereocenters. The summed E-state index contributed by atoms with van der Waals surface area (Å²) in [6.45, 7) is 2.30. The molecule has 9 heteroatoms. The monoisotopic (exact) mass is 309 g/mol. The van der Waals surface area contributed by atoms with Gasteiger partial charge in [0.15, 0.2) is 0 Å². The van der Waals surface area contributed by atoms with Crippen LogP contribution in [-0.2, 0) is 14.8 Å². The van der Waals surface area contributed by atoms with Crippen molar-refractivity contribution >= 4 is 16.0 Å². The van der Waals surface area contributed by atoms with Crippen molar-refractivity contribution in [2.45, 2.75) is 30.9 Å². The highest BCUT2D eigenvalue weighted by Gasteiger charge is 2.31. The van der Waals surface area contributed by atoms with E-state index in [2.05, 4.69) is 0 Å². The van der Waals surface area contributed by atoms with Crippen molar-refractivity contribution in [2.75, 3.05) is 0 Å². The number of nitrogens with one attached hydrogen (secondary N) is 1. The van der Waals surface area contributed by atoms with E-state index in [-0.39, 0.29) is 5.56 Å². The Hall–Kier alpha value is -1.58. The van der Waals surface area contributed by atoms with Crippen LogP contribution in [0.15, 0.2) is 17.0 Å². The maximum atomic E-state index is 13.6. The van der Waals surface area contributed by atoms with Gasteiger partial charge < -0.3 is 10.2 Å². The number of benzene rings is 1. The molecule has 0 amide bonds. The minimum atomic E-state index is -4.63. The van der Waals surface area contributed by atoms with Crippen molar-refractivity contribution in [1.82, 2.24) is 4.72 Å². The van der Waals surface area contributed by atoms with E-state index >= 15 is 0 Å². The van der Waals surface area contributed by atoms with Crippen LogP contribution in [0.1, 0.15) is 12.5 Å². The number of carboxylic acid groups (broad SMARTS) is 1. The van der Waals surface area contributed by atoms with Crippen LogP contribution in [0, 0.1) is 18.6 Å². The van der Waals surface area contributed by atoms with E-state index < -0.39 is 44.7 Å². The Morgan fingerprint density at radius 3 is 2.30 bits per heavy atom. The van der Waals surface area contributed by atoms with Gasteiger partial charge in [-0.25, -0.2) is 17.2 Å². The molecular formula is C11H13F2NO5S. The molecule has 0 aliphatic heterocycles. The number of carbonyl (C=O) groups is 1. The normalized spacial score (nSPS) is 14.8. The highest BCUT2D eigenvalue weighted by atomic mass is 32.2. The first kappa shape index (κ1) is 16.5. The van der Waals surface area contributed by atoms with Crippen LogP contribution in [0.2, 0.25) is 0 Å². The summed E-state index contributed by atoms with van der Waals surface area (Å²) in [6, 6.07) is -0.737. The number of aliphatic hydroxyl groups is 1. The van der Waals surface area contributed by atoms with Gasteiger partial charge in [0.1, 0.15) is 22.6 Å². The molecule has 0 bridgehead atoms. The minimum absolute atomic E-state index is 0.0910. The summed E-state index contributed by atoms with van der Waals surface area (Å²) in [5.74, 6) is -3.81. The standard InChI is InChI=1S/C11H13F2NO5S/c1-5-3-8(13)9(4-7(5)12)20(18,19)14-10(6(2)15)11(16)17/h3-4,6,10,14-15H,1-2H3,(H,16,17)/t6-,10-/m0/s1. The van der Waals surface area contributed by atoms with Crippen molar-refractivity contribution in [3.8, 4) is 0 Å². The van der Waals surface area contributed by atoms with Crippen molar-refractivity contribution in [3.05, 3.63) is 29.3 Å². The molecule has 1 rings (SSSR count). The molecule has 0 radical (unpaired) electrons. The molecule has 0 aliphatic rings. The van der Waals surface area contributed by atoms with Gasteiger partial charge in [-0.3, -0.25) is 4.79 Å². The number of hydrogen-bond acceptors (Lipinski definition) is 4. The van der Waals surface area contributed by atoms with Crippen molar-refractivity contribution in [3.63, 3.8) is 0 Å². The highest BCUT2D eigenvalue weighted by molar-refractivity contribution is 7.89. The van der Waals surface area contributed by atoms with E-state index in [1.165, 1.54) is 6.92 Å². The molecule has 1 aromatic rings.